The van der Waals surface area contributed by atoms with Crippen molar-refractivity contribution in [2.75, 3.05) is 0 Å². The molecule has 19 heavy (non-hydrogen) atoms. The van der Waals surface area contributed by atoms with Gasteiger partial charge in [0.05, 0.1) is 6.26 Å². The van der Waals surface area contributed by atoms with Gasteiger partial charge < -0.3 is 4.42 Å². The maximum absolute atomic E-state index is 11.8. The third-order valence-corrected chi connectivity index (χ3v) is 2.67. The molecule has 0 radical (unpaired) electrons. The number of nitrogens with zero attached hydrogens (tertiary/aromatic N) is 2. The summed E-state index contributed by atoms with van der Waals surface area (Å²) < 4.78 is 5.17. The number of pyridine rings is 1. The lowest BCUT2D eigenvalue weighted by molar-refractivity contribution is 0.0950. The summed E-state index contributed by atoms with van der Waals surface area (Å²) >= 11 is 0. The van der Waals surface area contributed by atoms with Crippen molar-refractivity contribution in [3.8, 4) is 0 Å². The third-order valence-electron chi connectivity index (χ3n) is 2.67. The zero-order valence-electron chi connectivity index (χ0n) is 10.9. The van der Waals surface area contributed by atoms with Crippen LogP contribution < -0.4 is 5.43 Å². The lowest BCUT2D eigenvalue weighted by Gasteiger charge is -2.01. The van der Waals surface area contributed by atoms with E-state index in [1.54, 1.807) is 37.6 Å². The fraction of sp³-hybridized carbons (Fsp3) is 0.214. The average molecular weight is 257 g/mol. The van der Waals surface area contributed by atoms with Gasteiger partial charge in [-0.2, -0.15) is 5.10 Å². The molecule has 0 bridgehead atoms. The van der Waals surface area contributed by atoms with E-state index in [1.165, 1.54) is 0 Å². The number of carbonyl (C=O) groups is 1. The maximum atomic E-state index is 11.8. The molecule has 0 aliphatic rings. The number of rotatable bonds is 4. The SMILES string of the molecule is CCc1ccc(C(=O)N/N=C(\C)c2ccco2)nc1. The van der Waals surface area contributed by atoms with E-state index in [1.807, 2.05) is 13.0 Å². The molecule has 0 fully saturated rings. The molecule has 2 aromatic rings. The Kier molecular flexibility index (Phi) is 4.07. The molecule has 0 aliphatic carbocycles. The molecule has 1 amide bonds. The molecule has 2 aromatic heterocycles. The summed E-state index contributed by atoms with van der Waals surface area (Å²) in [5.74, 6) is 0.281. The third kappa shape index (κ3) is 3.28. The highest BCUT2D eigenvalue weighted by Crippen LogP contribution is 2.03. The molecule has 0 unspecified atom stereocenters. The highest BCUT2D eigenvalue weighted by atomic mass is 16.3. The van der Waals surface area contributed by atoms with E-state index in [-0.39, 0.29) is 5.91 Å². The highest BCUT2D eigenvalue weighted by molar-refractivity contribution is 5.98. The number of hydrazone groups is 1. The van der Waals surface area contributed by atoms with Crippen LogP contribution in [0.2, 0.25) is 0 Å². The van der Waals surface area contributed by atoms with Gasteiger partial charge in [0.25, 0.3) is 5.91 Å². The van der Waals surface area contributed by atoms with Gasteiger partial charge in [0, 0.05) is 6.20 Å². The predicted octanol–water partition coefficient (Wildman–Crippen LogP) is 2.39. The Hall–Kier alpha value is -2.43. The van der Waals surface area contributed by atoms with E-state index in [0.717, 1.165) is 12.0 Å². The Morgan fingerprint density at radius 2 is 2.26 bits per heavy atom. The second-order valence-electron chi connectivity index (χ2n) is 4.02. The Morgan fingerprint density at radius 3 is 2.84 bits per heavy atom. The van der Waals surface area contributed by atoms with E-state index in [4.69, 9.17) is 4.42 Å². The largest absolute Gasteiger partial charge is 0.463 e. The summed E-state index contributed by atoms with van der Waals surface area (Å²) in [4.78, 5) is 15.9. The van der Waals surface area contributed by atoms with Crippen molar-refractivity contribution < 1.29 is 9.21 Å². The van der Waals surface area contributed by atoms with Crippen LogP contribution in [0.1, 0.15) is 35.7 Å². The molecule has 2 rings (SSSR count). The van der Waals surface area contributed by atoms with Gasteiger partial charge in [-0.1, -0.05) is 13.0 Å². The minimum atomic E-state index is -0.339. The standard InChI is InChI=1S/C14H15N3O2/c1-3-11-6-7-12(15-9-11)14(18)17-16-10(2)13-5-4-8-19-13/h4-9H,3H2,1-2H3,(H,17,18)/b16-10+. The van der Waals surface area contributed by atoms with E-state index in [2.05, 4.69) is 15.5 Å². The Morgan fingerprint density at radius 1 is 1.42 bits per heavy atom. The number of aryl methyl sites for hydroxylation is 1. The van der Waals surface area contributed by atoms with Crippen LogP contribution in [0.25, 0.3) is 0 Å². The first-order valence-electron chi connectivity index (χ1n) is 6.04. The van der Waals surface area contributed by atoms with Crippen LogP contribution in [0.5, 0.6) is 0 Å². The summed E-state index contributed by atoms with van der Waals surface area (Å²) in [5, 5.41) is 3.97. The van der Waals surface area contributed by atoms with Crippen LogP contribution in [0.4, 0.5) is 0 Å². The minimum Gasteiger partial charge on any atom is -0.463 e. The second kappa shape index (κ2) is 5.95. The van der Waals surface area contributed by atoms with Gasteiger partial charge >= 0.3 is 0 Å². The highest BCUT2D eigenvalue weighted by Gasteiger charge is 2.07. The van der Waals surface area contributed by atoms with Crippen molar-refractivity contribution in [2.24, 2.45) is 5.10 Å². The van der Waals surface area contributed by atoms with E-state index in [0.29, 0.717) is 17.2 Å². The topological polar surface area (TPSA) is 67.5 Å². The lowest BCUT2D eigenvalue weighted by Crippen LogP contribution is -2.20. The summed E-state index contributed by atoms with van der Waals surface area (Å²) in [7, 11) is 0. The molecule has 0 atom stereocenters. The maximum Gasteiger partial charge on any atom is 0.289 e. The molecule has 0 saturated heterocycles. The number of furan rings is 1. The summed E-state index contributed by atoms with van der Waals surface area (Å²) in [6.45, 7) is 3.79. The minimum absolute atomic E-state index is 0.339. The van der Waals surface area contributed by atoms with Gasteiger partial charge in [0.15, 0.2) is 0 Å². The number of carbonyl (C=O) groups excluding carboxylic acids is 1. The zero-order chi connectivity index (χ0) is 13.7. The fourth-order valence-electron chi connectivity index (χ4n) is 1.50. The molecule has 0 spiro atoms. The van der Waals surface area contributed by atoms with Crippen molar-refractivity contribution in [1.29, 1.82) is 0 Å². The van der Waals surface area contributed by atoms with E-state index >= 15 is 0 Å². The fourth-order valence-corrected chi connectivity index (χ4v) is 1.50. The summed E-state index contributed by atoms with van der Waals surface area (Å²) in [6, 6.07) is 7.11. The molecule has 0 saturated carbocycles. The Labute approximate surface area is 111 Å². The number of hydrogen-bond donors (Lipinski definition) is 1. The van der Waals surface area contributed by atoms with Crippen molar-refractivity contribution in [3.05, 3.63) is 53.7 Å². The van der Waals surface area contributed by atoms with Gasteiger partial charge in [-0.25, -0.2) is 5.43 Å². The molecular formula is C14H15N3O2. The zero-order valence-corrected chi connectivity index (χ0v) is 10.9. The number of amides is 1. The average Bonchev–Trinajstić information content (AvgIpc) is 2.98. The number of hydrogen-bond acceptors (Lipinski definition) is 4. The molecule has 2 heterocycles. The van der Waals surface area contributed by atoms with Crippen LogP contribution in [-0.4, -0.2) is 16.6 Å². The van der Waals surface area contributed by atoms with Gasteiger partial charge in [-0.3, -0.25) is 9.78 Å². The van der Waals surface area contributed by atoms with Crippen LogP contribution in [0, 0.1) is 0 Å². The molecule has 5 heteroatoms. The van der Waals surface area contributed by atoms with Crippen LogP contribution in [-0.2, 0) is 6.42 Å². The molecule has 0 aliphatic heterocycles. The lowest BCUT2D eigenvalue weighted by atomic mass is 10.2. The normalized spacial score (nSPS) is 11.4. The van der Waals surface area contributed by atoms with Gasteiger partial charge in [0.1, 0.15) is 17.2 Å². The monoisotopic (exact) mass is 257 g/mol. The van der Waals surface area contributed by atoms with Crippen molar-refractivity contribution in [3.63, 3.8) is 0 Å². The first-order chi connectivity index (χ1) is 9.20. The number of nitrogens with one attached hydrogen (secondary N) is 1. The second-order valence-corrected chi connectivity index (χ2v) is 4.02. The van der Waals surface area contributed by atoms with Gasteiger partial charge in [-0.05, 0) is 37.1 Å². The quantitative estimate of drug-likeness (QED) is 0.675. The van der Waals surface area contributed by atoms with E-state index in [9.17, 15) is 4.79 Å². The van der Waals surface area contributed by atoms with Crippen molar-refractivity contribution >= 4 is 11.6 Å². The summed E-state index contributed by atoms with van der Waals surface area (Å²) in [5.41, 5.74) is 4.48. The van der Waals surface area contributed by atoms with Crippen molar-refractivity contribution in [2.45, 2.75) is 20.3 Å². The first kappa shape index (κ1) is 13.0. The van der Waals surface area contributed by atoms with Crippen molar-refractivity contribution in [1.82, 2.24) is 10.4 Å². The number of aromatic nitrogens is 1. The van der Waals surface area contributed by atoms with E-state index < -0.39 is 0 Å². The smallest absolute Gasteiger partial charge is 0.289 e. The van der Waals surface area contributed by atoms with Crippen LogP contribution in [0.3, 0.4) is 0 Å². The first-order valence-corrected chi connectivity index (χ1v) is 6.04. The predicted molar refractivity (Wildman–Crippen MR) is 72.0 cm³/mol. The molecule has 0 aromatic carbocycles. The molecule has 1 N–H and O–H groups in total. The summed E-state index contributed by atoms with van der Waals surface area (Å²) in [6.07, 6.45) is 4.14. The molecule has 5 nitrogen and oxygen atoms in total. The Bertz CT molecular complexity index is 571. The molecular weight excluding hydrogens is 242 g/mol. The van der Waals surface area contributed by atoms with Crippen LogP contribution in [0.15, 0.2) is 46.2 Å². The van der Waals surface area contributed by atoms with Gasteiger partial charge in [0.2, 0.25) is 0 Å². The molecule has 98 valence electrons. The van der Waals surface area contributed by atoms with Crippen LogP contribution >= 0.6 is 0 Å². The van der Waals surface area contributed by atoms with Gasteiger partial charge in [-0.15, -0.1) is 0 Å². The Balaban J connectivity index is 2.02.